The van der Waals surface area contributed by atoms with E-state index < -0.39 is 0 Å². The van der Waals surface area contributed by atoms with Crippen molar-refractivity contribution in [2.45, 2.75) is 31.7 Å². The fourth-order valence-electron chi connectivity index (χ4n) is 2.87. The van der Waals surface area contributed by atoms with E-state index >= 15 is 0 Å². The maximum absolute atomic E-state index is 8.75. The molecule has 14 heavy (non-hydrogen) atoms. The van der Waals surface area contributed by atoms with Gasteiger partial charge in [0.1, 0.15) is 0 Å². The largest absolute Gasteiger partial charge is 0.396 e. The zero-order chi connectivity index (χ0) is 9.80. The van der Waals surface area contributed by atoms with E-state index in [1.807, 2.05) is 0 Å². The molecule has 0 aromatic carbocycles. The molecule has 2 rings (SSSR count). The van der Waals surface area contributed by atoms with Crippen molar-refractivity contribution < 1.29 is 5.11 Å². The molecule has 3 heteroatoms. The fourth-order valence-corrected chi connectivity index (χ4v) is 2.87. The van der Waals surface area contributed by atoms with E-state index in [2.05, 4.69) is 10.2 Å². The maximum atomic E-state index is 8.75. The number of aliphatic hydroxyl groups excluding tert-OH is 1. The first-order chi connectivity index (χ1) is 6.92. The van der Waals surface area contributed by atoms with Crippen LogP contribution in [0.5, 0.6) is 0 Å². The predicted molar refractivity (Wildman–Crippen MR) is 57.3 cm³/mol. The van der Waals surface area contributed by atoms with E-state index in [1.54, 1.807) is 0 Å². The van der Waals surface area contributed by atoms with E-state index in [1.165, 1.54) is 39.0 Å². The molecule has 0 radical (unpaired) electrons. The Bertz CT molecular complexity index is 175. The SMILES string of the molecule is OCCCCN1CCCC2CNCC21. The highest BCUT2D eigenvalue weighted by Gasteiger charge is 2.34. The molecule has 0 aromatic heterocycles. The number of nitrogens with zero attached hydrogens (tertiary/aromatic N) is 1. The molecule has 0 saturated carbocycles. The van der Waals surface area contributed by atoms with Crippen LogP contribution in [0.2, 0.25) is 0 Å². The lowest BCUT2D eigenvalue weighted by Gasteiger charge is -2.37. The maximum Gasteiger partial charge on any atom is 0.0431 e. The summed E-state index contributed by atoms with van der Waals surface area (Å²) in [5, 5.41) is 12.2. The van der Waals surface area contributed by atoms with Gasteiger partial charge in [-0.1, -0.05) is 0 Å². The third-order valence-electron chi connectivity index (χ3n) is 3.65. The number of aliphatic hydroxyl groups is 1. The first kappa shape index (κ1) is 10.4. The van der Waals surface area contributed by atoms with Crippen LogP contribution < -0.4 is 5.32 Å². The van der Waals surface area contributed by atoms with Crippen molar-refractivity contribution >= 4 is 0 Å². The van der Waals surface area contributed by atoms with Gasteiger partial charge in [-0.15, -0.1) is 0 Å². The van der Waals surface area contributed by atoms with Gasteiger partial charge >= 0.3 is 0 Å². The van der Waals surface area contributed by atoms with Crippen molar-refractivity contribution in [1.29, 1.82) is 0 Å². The minimum Gasteiger partial charge on any atom is -0.396 e. The number of piperidine rings is 1. The Kier molecular flexibility index (Phi) is 3.79. The second kappa shape index (κ2) is 5.10. The molecular formula is C11H22N2O. The number of nitrogens with one attached hydrogen (secondary N) is 1. The normalized spacial score (nSPS) is 33.2. The van der Waals surface area contributed by atoms with Gasteiger partial charge in [-0.25, -0.2) is 0 Å². The zero-order valence-electron chi connectivity index (χ0n) is 8.91. The summed E-state index contributed by atoms with van der Waals surface area (Å²) < 4.78 is 0. The van der Waals surface area contributed by atoms with Gasteiger partial charge in [0.2, 0.25) is 0 Å². The molecular weight excluding hydrogens is 176 g/mol. The van der Waals surface area contributed by atoms with Crippen LogP contribution in [-0.2, 0) is 0 Å². The number of rotatable bonds is 4. The van der Waals surface area contributed by atoms with Crippen molar-refractivity contribution in [2.75, 3.05) is 32.8 Å². The Morgan fingerprint density at radius 2 is 2.21 bits per heavy atom. The number of fused-ring (bicyclic) bond motifs is 1. The first-order valence-electron chi connectivity index (χ1n) is 5.97. The van der Waals surface area contributed by atoms with Gasteiger partial charge in [0.15, 0.2) is 0 Å². The Hall–Kier alpha value is -0.120. The second-order valence-electron chi connectivity index (χ2n) is 4.59. The number of hydrogen-bond acceptors (Lipinski definition) is 3. The van der Waals surface area contributed by atoms with Gasteiger partial charge in [-0.3, -0.25) is 4.90 Å². The topological polar surface area (TPSA) is 35.5 Å². The Morgan fingerprint density at radius 1 is 1.29 bits per heavy atom. The van der Waals surface area contributed by atoms with Crippen LogP contribution in [0.15, 0.2) is 0 Å². The van der Waals surface area contributed by atoms with Crippen LogP contribution in [-0.4, -0.2) is 48.8 Å². The van der Waals surface area contributed by atoms with E-state index in [9.17, 15) is 0 Å². The molecule has 3 nitrogen and oxygen atoms in total. The highest BCUT2D eigenvalue weighted by molar-refractivity contribution is 4.91. The molecule has 2 N–H and O–H groups in total. The van der Waals surface area contributed by atoms with Crippen molar-refractivity contribution in [1.82, 2.24) is 10.2 Å². The molecule has 2 unspecified atom stereocenters. The molecule has 0 amide bonds. The summed E-state index contributed by atoms with van der Waals surface area (Å²) in [5.74, 6) is 0.901. The summed E-state index contributed by atoms with van der Waals surface area (Å²) in [5.41, 5.74) is 0. The van der Waals surface area contributed by atoms with Gasteiger partial charge in [-0.2, -0.15) is 0 Å². The zero-order valence-corrected chi connectivity index (χ0v) is 8.91. The molecule has 2 saturated heterocycles. The van der Waals surface area contributed by atoms with Gasteiger partial charge in [-0.05, 0) is 51.2 Å². The summed E-state index contributed by atoms with van der Waals surface area (Å²) in [7, 11) is 0. The molecule has 2 fully saturated rings. The van der Waals surface area contributed by atoms with Crippen LogP contribution in [0, 0.1) is 5.92 Å². The lowest BCUT2D eigenvalue weighted by atomic mass is 9.92. The molecule has 2 aliphatic heterocycles. The van der Waals surface area contributed by atoms with Crippen LogP contribution in [0.25, 0.3) is 0 Å². The van der Waals surface area contributed by atoms with E-state index in [0.717, 1.165) is 24.8 Å². The van der Waals surface area contributed by atoms with Crippen LogP contribution >= 0.6 is 0 Å². The standard InChI is InChI=1S/C11H22N2O/c14-7-2-1-5-13-6-3-4-10-8-12-9-11(10)13/h10-12,14H,1-9H2. The molecule has 2 aliphatic rings. The molecule has 0 aliphatic carbocycles. The summed E-state index contributed by atoms with van der Waals surface area (Å²) in [6.07, 6.45) is 4.89. The number of unbranched alkanes of at least 4 members (excludes halogenated alkanes) is 1. The van der Waals surface area contributed by atoms with Crippen LogP contribution in [0.1, 0.15) is 25.7 Å². The summed E-state index contributed by atoms with van der Waals surface area (Å²) in [6.45, 7) is 5.21. The lowest BCUT2D eigenvalue weighted by molar-refractivity contribution is 0.120. The summed E-state index contributed by atoms with van der Waals surface area (Å²) in [4.78, 5) is 2.63. The molecule has 0 bridgehead atoms. The van der Waals surface area contributed by atoms with Crippen molar-refractivity contribution in [3.8, 4) is 0 Å². The van der Waals surface area contributed by atoms with E-state index in [4.69, 9.17) is 5.11 Å². The molecule has 2 atom stereocenters. The Labute approximate surface area is 86.5 Å². The Balaban J connectivity index is 1.78. The van der Waals surface area contributed by atoms with E-state index in [-0.39, 0.29) is 0 Å². The summed E-state index contributed by atoms with van der Waals surface area (Å²) >= 11 is 0. The average molecular weight is 198 g/mol. The summed E-state index contributed by atoms with van der Waals surface area (Å²) in [6, 6.07) is 0.794. The molecule has 82 valence electrons. The van der Waals surface area contributed by atoms with Crippen LogP contribution in [0.4, 0.5) is 0 Å². The van der Waals surface area contributed by atoms with Crippen molar-refractivity contribution in [2.24, 2.45) is 5.92 Å². The van der Waals surface area contributed by atoms with E-state index in [0.29, 0.717) is 6.61 Å². The third kappa shape index (κ3) is 2.27. The smallest absolute Gasteiger partial charge is 0.0431 e. The van der Waals surface area contributed by atoms with Gasteiger partial charge in [0.05, 0.1) is 0 Å². The second-order valence-corrected chi connectivity index (χ2v) is 4.59. The quantitative estimate of drug-likeness (QED) is 0.644. The lowest BCUT2D eigenvalue weighted by Crippen LogP contribution is -2.45. The number of hydrogen-bond donors (Lipinski definition) is 2. The first-order valence-corrected chi connectivity index (χ1v) is 5.97. The third-order valence-corrected chi connectivity index (χ3v) is 3.65. The highest BCUT2D eigenvalue weighted by atomic mass is 16.2. The number of likely N-dealkylation sites (tertiary alicyclic amines) is 1. The monoisotopic (exact) mass is 198 g/mol. The average Bonchev–Trinajstić information content (AvgIpc) is 2.67. The molecule has 0 aromatic rings. The van der Waals surface area contributed by atoms with Gasteiger partial charge < -0.3 is 10.4 Å². The fraction of sp³-hybridized carbons (Fsp3) is 1.00. The van der Waals surface area contributed by atoms with Crippen molar-refractivity contribution in [3.05, 3.63) is 0 Å². The molecule has 2 heterocycles. The predicted octanol–water partition coefficient (Wildman–Crippen LogP) is 0.443. The van der Waals surface area contributed by atoms with Gasteiger partial charge in [0, 0.05) is 19.2 Å². The minimum absolute atomic E-state index is 0.347. The van der Waals surface area contributed by atoms with Crippen molar-refractivity contribution in [3.63, 3.8) is 0 Å². The Morgan fingerprint density at radius 3 is 3.07 bits per heavy atom. The van der Waals surface area contributed by atoms with Gasteiger partial charge in [0.25, 0.3) is 0 Å². The molecule has 0 spiro atoms. The van der Waals surface area contributed by atoms with Crippen LogP contribution in [0.3, 0.4) is 0 Å². The highest BCUT2D eigenvalue weighted by Crippen LogP contribution is 2.26. The minimum atomic E-state index is 0.347.